The minimum absolute atomic E-state index is 0.00480. The van der Waals surface area contributed by atoms with Crippen molar-refractivity contribution < 1.29 is 23.1 Å². The van der Waals surface area contributed by atoms with E-state index in [1.807, 2.05) is 0 Å². The topological polar surface area (TPSA) is 55.4 Å². The molecule has 0 aliphatic rings. The van der Waals surface area contributed by atoms with Crippen molar-refractivity contribution in [2.75, 3.05) is 11.9 Å². The number of hydrogen-bond donors (Lipinski definition) is 1. The minimum Gasteiger partial charge on any atom is -0.455 e. The minimum atomic E-state index is -0.799. The normalized spacial score (nSPS) is 10.3. The summed E-state index contributed by atoms with van der Waals surface area (Å²) in [5, 5.41) is 2.50. The van der Waals surface area contributed by atoms with Crippen LogP contribution in [-0.2, 0) is 20.7 Å². The van der Waals surface area contributed by atoms with Crippen LogP contribution in [0.3, 0.4) is 0 Å². The summed E-state index contributed by atoms with van der Waals surface area (Å²) >= 11 is 5.81. The summed E-state index contributed by atoms with van der Waals surface area (Å²) in [6.45, 7) is 1.02. The summed E-state index contributed by atoms with van der Waals surface area (Å²) in [4.78, 5) is 23.4. The largest absolute Gasteiger partial charge is 0.455 e. The molecule has 2 aromatic carbocycles. The Balaban J connectivity index is 1.87. The van der Waals surface area contributed by atoms with Crippen molar-refractivity contribution in [3.05, 3.63) is 64.2 Å². The van der Waals surface area contributed by atoms with Crippen LogP contribution in [0.5, 0.6) is 0 Å². The van der Waals surface area contributed by atoms with Crippen molar-refractivity contribution in [3.63, 3.8) is 0 Å². The lowest BCUT2D eigenvalue weighted by molar-refractivity contribution is -0.146. The summed E-state index contributed by atoms with van der Waals surface area (Å²) in [5.41, 5.74) is 0.697. The standard InChI is InChI=1S/C17H14ClF2NO3/c1-10-5-6-11(7-15(10)20)21-16(22)9-24-17(23)8-12-13(18)3-2-4-14(12)19/h2-7H,8-9H2,1H3,(H,21,22). The number of carbonyl (C=O) groups excluding carboxylic acids is 2. The molecule has 2 rings (SSSR count). The number of amides is 1. The highest BCUT2D eigenvalue weighted by Gasteiger charge is 2.14. The van der Waals surface area contributed by atoms with Crippen molar-refractivity contribution in [2.45, 2.75) is 13.3 Å². The summed E-state index contributed by atoms with van der Waals surface area (Å²) in [6.07, 6.45) is -0.391. The zero-order valence-electron chi connectivity index (χ0n) is 12.7. The molecule has 24 heavy (non-hydrogen) atoms. The number of rotatable bonds is 5. The van der Waals surface area contributed by atoms with E-state index < -0.39 is 36.5 Å². The summed E-state index contributed by atoms with van der Waals surface area (Å²) in [7, 11) is 0. The van der Waals surface area contributed by atoms with Gasteiger partial charge in [-0.2, -0.15) is 0 Å². The first-order chi connectivity index (χ1) is 11.4. The van der Waals surface area contributed by atoms with Crippen LogP contribution in [0.1, 0.15) is 11.1 Å². The second kappa shape index (κ2) is 7.88. The van der Waals surface area contributed by atoms with Crippen LogP contribution in [0, 0.1) is 18.6 Å². The van der Waals surface area contributed by atoms with Crippen molar-refractivity contribution in [1.29, 1.82) is 0 Å². The van der Waals surface area contributed by atoms with Gasteiger partial charge in [-0.05, 0) is 36.8 Å². The van der Waals surface area contributed by atoms with Crippen LogP contribution in [0.25, 0.3) is 0 Å². The van der Waals surface area contributed by atoms with Gasteiger partial charge in [0.2, 0.25) is 0 Å². The molecule has 0 unspecified atom stereocenters. The Hall–Kier alpha value is -2.47. The lowest BCUT2D eigenvalue weighted by atomic mass is 10.1. The molecule has 0 saturated carbocycles. The van der Waals surface area contributed by atoms with Gasteiger partial charge in [-0.25, -0.2) is 8.78 Å². The maximum Gasteiger partial charge on any atom is 0.310 e. The Kier molecular flexibility index (Phi) is 5.87. The Morgan fingerprint density at radius 1 is 1.17 bits per heavy atom. The van der Waals surface area contributed by atoms with Crippen molar-refractivity contribution in [2.24, 2.45) is 0 Å². The molecular weight excluding hydrogens is 340 g/mol. The molecule has 0 aliphatic heterocycles. The quantitative estimate of drug-likeness (QED) is 0.835. The number of nitrogens with one attached hydrogen (secondary N) is 1. The molecule has 0 fully saturated rings. The third-order valence-corrected chi connectivity index (χ3v) is 3.56. The number of aryl methyl sites for hydroxylation is 1. The van der Waals surface area contributed by atoms with Crippen LogP contribution < -0.4 is 5.32 Å². The van der Waals surface area contributed by atoms with E-state index >= 15 is 0 Å². The molecule has 0 spiro atoms. The van der Waals surface area contributed by atoms with E-state index in [1.54, 1.807) is 6.92 Å². The number of halogens is 3. The highest BCUT2D eigenvalue weighted by Crippen LogP contribution is 2.19. The van der Waals surface area contributed by atoms with E-state index in [0.29, 0.717) is 5.56 Å². The fourth-order valence-electron chi connectivity index (χ4n) is 1.91. The molecule has 0 radical (unpaired) electrons. The van der Waals surface area contributed by atoms with Crippen LogP contribution >= 0.6 is 11.6 Å². The van der Waals surface area contributed by atoms with Gasteiger partial charge in [-0.3, -0.25) is 9.59 Å². The van der Waals surface area contributed by atoms with Crippen molar-refractivity contribution in [3.8, 4) is 0 Å². The van der Waals surface area contributed by atoms with E-state index in [-0.39, 0.29) is 16.3 Å². The fraction of sp³-hybridized carbons (Fsp3) is 0.176. The van der Waals surface area contributed by atoms with Gasteiger partial charge in [0.25, 0.3) is 5.91 Å². The Bertz CT molecular complexity index is 760. The van der Waals surface area contributed by atoms with Gasteiger partial charge >= 0.3 is 5.97 Å². The van der Waals surface area contributed by atoms with Gasteiger partial charge in [-0.15, -0.1) is 0 Å². The number of carbonyl (C=O) groups is 2. The molecule has 1 amide bonds. The maximum absolute atomic E-state index is 13.6. The van der Waals surface area contributed by atoms with Gasteiger partial charge in [0.05, 0.1) is 6.42 Å². The first-order valence-corrected chi connectivity index (χ1v) is 7.39. The number of anilines is 1. The molecule has 0 heterocycles. The predicted molar refractivity (Wildman–Crippen MR) is 85.8 cm³/mol. The number of hydrogen-bond acceptors (Lipinski definition) is 3. The summed E-state index contributed by atoms with van der Waals surface area (Å²) in [5.74, 6) is -2.52. The van der Waals surface area contributed by atoms with E-state index in [0.717, 1.165) is 6.07 Å². The third kappa shape index (κ3) is 4.76. The van der Waals surface area contributed by atoms with Crippen LogP contribution in [0.2, 0.25) is 5.02 Å². The molecule has 4 nitrogen and oxygen atoms in total. The van der Waals surface area contributed by atoms with Crippen molar-refractivity contribution >= 4 is 29.2 Å². The Morgan fingerprint density at radius 2 is 1.92 bits per heavy atom. The second-order valence-electron chi connectivity index (χ2n) is 5.05. The molecular formula is C17H14ClF2NO3. The van der Waals surface area contributed by atoms with E-state index in [2.05, 4.69) is 5.32 Å². The third-order valence-electron chi connectivity index (χ3n) is 3.20. The monoisotopic (exact) mass is 353 g/mol. The van der Waals surface area contributed by atoms with Gasteiger partial charge in [0.1, 0.15) is 11.6 Å². The first kappa shape index (κ1) is 17.9. The maximum atomic E-state index is 13.6. The molecule has 0 aliphatic carbocycles. The molecule has 0 aromatic heterocycles. The van der Waals surface area contributed by atoms with Gasteiger partial charge < -0.3 is 10.1 Å². The fourth-order valence-corrected chi connectivity index (χ4v) is 2.14. The van der Waals surface area contributed by atoms with E-state index in [9.17, 15) is 18.4 Å². The Morgan fingerprint density at radius 3 is 2.58 bits per heavy atom. The van der Waals surface area contributed by atoms with Gasteiger partial charge in [-0.1, -0.05) is 23.7 Å². The molecule has 2 aromatic rings. The van der Waals surface area contributed by atoms with Gasteiger partial charge in [0.15, 0.2) is 6.61 Å². The zero-order chi connectivity index (χ0) is 17.7. The second-order valence-corrected chi connectivity index (χ2v) is 5.46. The lowest BCUT2D eigenvalue weighted by Crippen LogP contribution is -2.22. The van der Waals surface area contributed by atoms with Crippen LogP contribution in [0.4, 0.5) is 14.5 Å². The zero-order valence-corrected chi connectivity index (χ0v) is 13.5. The molecule has 7 heteroatoms. The van der Waals surface area contributed by atoms with Crippen molar-refractivity contribution in [1.82, 2.24) is 0 Å². The van der Waals surface area contributed by atoms with E-state index in [1.165, 1.54) is 30.3 Å². The summed E-state index contributed by atoms with van der Waals surface area (Å²) in [6, 6.07) is 8.24. The smallest absolute Gasteiger partial charge is 0.310 e. The predicted octanol–water partition coefficient (Wildman–Crippen LogP) is 3.65. The highest BCUT2D eigenvalue weighted by molar-refractivity contribution is 6.31. The van der Waals surface area contributed by atoms with E-state index in [4.69, 9.17) is 16.3 Å². The number of ether oxygens (including phenoxy) is 1. The SMILES string of the molecule is Cc1ccc(NC(=O)COC(=O)Cc2c(F)cccc2Cl)cc1F. The lowest BCUT2D eigenvalue weighted by Gasteiger charge is -2.08. The van der Waals surface area contributed by atoms with Gasteiger partial charge in [0, 0.05) is 16.3 Å². The molecule has 0 bridgehead atoms. The Labute approximate surface area is 142 Å². The van der Waals surface area contributed by atoms with Crippen LogP contribution in [-0.4, -0.2) is 18.5 Å². The average molecular weight is 354 g/mol. The molecule has 126 valence electrons. The molecule has 0 atom stereocenters. The number of esters is 1. The average Bonchev–Trinajstić information content (AvgIpc) is 2.53. The first-order valence-electron chi connectivity index (χ1n) is 7.01. The summed E-state index contributed by atoms with van der Waals surface area (Å²) < 4.78 is 31.7. The molecule has 0 saturated heterocycles. The molecule has 1 N–H and O–H groups in total. The number of benzene rings is 2. The highest BCUT2D eigenvalue weighted by atomic mass is 35.5. The van der Waals surface area contributed by atoms with Crippen LogP contribution in [0.15, 0.2) is 36.4 Å².